The molecule has 0 heterocycles. The van der Waals surface area contributed by atoms with E-state index in [1.54, 1.807) is 42.5 Å². The van der Waals surface area contributed by atoms with Gasteiger partial charge in [0.2, 0.25) is 6.10 Å². The smallest absolute Gasteiger partial charge is 0.339 e. The Morgan fingerprint density at radius 1 is 1.00 bits per heavy atom. The van der Waals surface area contributed by atoms with Crippen LogP contribution in [0, 0.1) is 24.0 Å². The first-order chi connectivity index (χ1) is 15.3. The Bertz CT molecular complexity index is 1160. The number of nitrogens with one attached hydrogen (secondary N) is 1. The van der Waals surface area contributed by atoms with Gasteiger partial charge in [-0.05, 0) is 37.6 Å². The van der Waals surface area contributed by atoms with Crippen molar-refractivity contribution >= 4 is 23.3 Å². The van der Waals surface area contributed by atoms with Crippen molar-refractivity contribution in [3.63, 3.8) is 0 Å². The number of hydrogen-bond donors (Lipinski definition) is 1. The number of anilines is 1. The van der Waals surface area contributed by atoms with Crippen LogP contribution in [0.25, 0.3) is 0 Å². The molecule has 0 aliphatic carbocycles. The number of benzene rings is 3. The Balaban J connectivity index is 1.94. The van der Waals surface area contributed by atoms with Crippen LogP contribution in [0.3, 0.4) is 0 Å². The second-order valence-electron chi connectivity index (χ2n) is 7.10. The normalized spacial score (nSPS) is 11.3. The van der Waals surface area contributed by atoms with Gasteiger partial charge in [0.1, 0.15) is 5.75 Å². The minimum Gasteiger partial charge on any atom is -0.495 e. The highest BCUT2D eigenvalue weighted by atomic mass is 16.6. The number of ether oxygens (including phenoxy) is 2. The van der Waals surface area contributed by atoms with Gasteiger partial charge in [0.15, 0.2) is 0 Å². The summed E-state index contributed by atoms with van der Waals surface area (Å²) in [5, 5.41) is 14.0. The average Bonchev–Trinajstić information content (AvgIpc) is 2.78. The van der Waals surface area contributed by atoms with Crippen molar-refractivity contribution in [3.05, 3.63) is 99.1 Å². The van der Waals surface area contributed by atoms with Crippen LogP contribution in [0.5, 0.6) is 5.75 Å². The molecule has 8 heteroatoms. The summed E-state index contributed by atoms with van der Waals surface area (Å²) in [4.78, 5) is 36.7. The van der Waals surface area contributed by atoms with Gasteiger partial charge in [0.25, 0.3) is 11.6 Å². The number of carbonyl (C=O) groups is 2. The summed E-state index contributed by atoms with van der Waals surface area (Å²) in [6, 6.07) is 18.0. The van der Waals surface area contributed by atoms with Gasteiger partial charge in [0, 0.05) is 17.2 Å². The fraction of sp³-hybridized carbons (Fsp3) is 0.167. The maximum atomic E-state index is 13.2. The van der Waals surface area contributed by atoms with E-state index in [2.05, 4.69) is 5.32 Å². The molecule has 164 valence electrons. The summed E-state index contributed by atoms with van der Waals surface area (Å²) in [6.45, 7) is 3.33. The molecule has 0 radical (unpaired) electrons. The number of carbonyl (C=O) groups excluding carboxylic acids is 2. The number of esters is 1. The summed E-state index contributed by atoms with van der Waals surface area (Å²) in [5.74, 6) is -0.973. The molecule has 0 saturated heterocycles. The molecule has 0 aliphatic rings. The standard InChI is InChI=1S/C24H22N2O6/c1-15-12-13-21(31-3)19(14-15)25-23(27)22(17-8-5-4-6-9-17)32-24(28)18-10-7-11-20(16(18)2)26(29)30/h4-14,22H,1-3H3,(H,25,27). The number of methoxy groups -OCH3 is 1. The van der Waals surface area contributed by atoms with Crippen molar-refractivity contribution in [3.8, 4) is 5.75 Å². The second kappa shape index (κ2) is 9.74. The minimum absolute atomic E-state index is 0.0149. The highest BCUT2D eigenvalue weighted by Gasteiger charge is 2.28. The topological polar surface area (TPSA) is 108 Å². The number of amides is 1. The minimum atomic E-state index is -1.28. The van der Waals surface area contributed by atoms with E-state index in [0.717, 1.165) is 5.56 Å². The predicted octanol–water partition coefficient (Wildman–Crippen LogP) is 4.76. The van der Waals surface area contributed by atoms with Crippen LogP contribution < -0.4 is 10.1 Å². The van der Waals surface area contributed by atoms with Crippen molar-refractivity contribution < 1.29 is 24.0 Å². The molecule has 1 atom stereocenters. The van der Waals surface area contributed by atoms with Gasteiger partial charge in [-0.15, -0.1) is 0 Å². The molecule has 8 nitrogen and oxygen atoms in total. The molecule has 3 aromatic rings. The first-order valence-electron chi connectivity index (χ1n) is 9.77. The highest BCUT2D eigenvalue weighted by Crippen LogP contribution is 2.29. The van der Waals surface area contributed by atoms with Crippen LogP contribution in [-0.2, 0) is 9.53 Å². The third-order valence-corrected chi connectivity index (χ3v) is 4.90. The Labute approximate surface area is 184 Å². The van der Waals surface area contributed by atoms with Gasteiger partial charge in [-0.25, -0.2) is 4.79 Å². The Morgan fingerprint density at radius 2 is 1.72 bits per heavy atom. The van der Waals surface area contributed by atoms with Crippen molar-refractivity contribution in [1.29, 1.82) is 0 Å². The van der Waals surface area contributed by atoms with Crippen LogP contribution in [0.2, 0.25) is 0 Å². The zero-order valence-corrected chi connectivity index (χ0v) is 17.8. The van der Waals surface area contributed by atoms with Gasteiger partial charge in [-0.3, -0.25) is 14.9 Å². The van der Waals surface area contributed by atoms with Crippen LogP contribution in [0.15, 0.2) is 66.7 Å². The lowest BCUT2D eigenvalue weighted by Gasteiger charge is -2.19. The fourth-order valence-electron chi connectivity index (χ4n) is 3.23. The number of aryl methyl sites for hydroxylation is 1. The number of nitro benzene ring substituents is 1. The first kappa shape index (κ1) is 22.5. The lowest BCUT2D eigenvalue weighted by molar-refractivity contribution is -0.385. The van der Waals surface area contributed by atoms with E-state index in [1.165, 1.54) is 32.2 Å². The molecular weight excluding hydrogens is 412 g/mol. The summed E-state index contributed by atoms with van der Waals surface area (Å²) < 4.78 is 10.9. The van der Waals surface area contributed by atoms with Gasteiger partial charge >= 0.3 is 5.97 Å². The molecule has 1 unspecified atom stereocenters. The molecule has 0 fully saturated rings. The molecule has 32 heavy (non-hydrogen) atoms. The van der Waals surface area contributed by atoms with Crippen LogP contribution >= 0.6 is 0 Å². The van der Waals surface area contributed by atoms with E-state index in [0.29, 0.717) is 17.0 Å². The maximum Gasteiger partial charge on any atom is 0.339 e. The Kier molecular flexibility index (Phi) is 6.84. The van der Waals surface area contributed by atoms with E-state index < -0.39 is 22.9 Å². The largest absolute Gasteiger partial charge is 0.495 e. The number of nitro groups is 1. The molecule has 0 aromatic heterocycles. The Morgan fingerprint density at radius 3 is 2.38 bits per heavy atom. The van der Waals surface area contributed by atoms with Gasteiger partial charge in [-0.1, -0.05) is 42.5 Å². The molecule has 3 rings (SSSR count). The lowest BCUT2D eigenvalue weighted by atomic mass is 10.1. The molecule has 0 bridgehead atoms. The molecular formula is C24H22N2O6. The summed E-state index contributed by atoms with van der Waals surface area (Å²) in [5.41, 5.74) is 1.76. The molecule has 1 amide bonds. The third-order valence-electron chi connectivity index (χ3n) is 4.90. The van der Waals surface area contributed by atoms with Crippen molar-refractivity contribution in [2.45, 2.75) is 20.0 Å². The molecule has 3 aromatic carbocycles. The van der Waals surface area contributed by atoms with E-state index in [9.17, 15) is 19.7 Å². The van der Waals surface area contributed by atoms with Crippen LogP contribution in [0.1, 0.15) is 33.2 Å². The molecule has 1 N–H and O–H groups in total. The van der Waals surface area contributed by atoms with Crippen molar-refractivity contribution in [2.75, 3.05) is 12.4 Å². The van der Waals surface area contributed by atoms with E-state index in [-0.39, 0.29) is 16.8 Å². The fourth-order valence-corrected chi connectivity index (χ4v) is 3.23. The van der Waals surface area contributed by atoms with Gasteiger partial charge < -0.3 is 14.8 Å². The predicted molar refractivity (Wildman–Crippen MR) is 119 cm³/mol. The number of hydrogen-bond acceptors (Lipinski definition) is 6. The Hall–Kier alpha value is -4.20. The zero-order chi connectivity index (χ0) is 23.3. The van der Waals surface area contributed by atoms with E-state index >= 15 is 0 Å². The van der Waals surface area contributed by atoms with Crippen LogP contribution in [-0.4, -0.2) is 23.9 Å². The highest BCUT2D eigenvalue weighted by molar-refractivity contribution is 5.99. The maximum absolute atomic E-state index is 13.2. The average molecular weight is 434 g/mol. The second-order valence-corrected chi connectivity index (χ2v) is 7.10. The lowest BCUT2D eigenvalue weighted by Crippen LogP contribution is -2.26. The number of nitrogens with zero attached hydrogens (tertiary/aromatic N) is 1. The van der Waals surface area contributed by atoms with E-state index in [4.69, 9.17) is 9.47 Å². The quantitative estimate of drug-likeness (QED) is 0.326. The molecule has 0 aliphatic heterocycles. The van der Waals surface area contributed by atoms with Crippen LogP contribution in [0.4, 0.5) is 11.4 Å². The van der Waals surface area contributed by atoms with Crippen molar-refractivity contribution in [2.24, 2.45) is 0 Å². The van der Waals surface area contributed by atoms with E-state index in [1.807, 2.05) is 13.0 Å². The van der Waals surface area contributed by atoms with Gasteiger partial charge in [-0.2, -0.15) is 0 Å². The number of rotatable bonds is 7. The van der Waals surface area contributed by atoms with Crippen molar-refractivity contribution in [1.82, 2.24) is 0 Å². The van der Waals surface area contributed by atoms with Gasteiger partial charge in [0.05, 0.1) is 23.3 Å². The summed E-state index contributed by atoms with van der Waals surface area (Å²) in [6.07, 6.45) is -1.28. The zero-order valence-electron chi connectivity index (χ0n) is 17.8. The summed E-state index contributed by atoms with van der Waals surface area (Å²) in [7, 11) is 1.49. The molecule has 0 saturated carbocycles. The first-order valence-corrected chi connectivity index (χ1v) is 9.77. The third kappa shape index (κ3) is 4.92. The summed E-state index contributed by atoms with van der Waals surface area (Å²) >= 11 is 0. The SMILES string of the molecule is COc1ccc(C)cc1NC(=O)C(OC(=O)c1cccc([N+](=O)[O-])c1C)c1ccccc1. The molecule has 0 spiro atoms. The monoisotopic (exact) mass is 434 g/mol.